The van der Waals surface area contributed by atoms with Crippen LogP contribution in [-0.4, -0.2) is 25.0 Å². The highest BCUT2D eigenvalue weighted by Crippen LogP contribution is 2.26. The summed E-state index contributed by atoms with van der Waals surface area (Å²) in [5.74, 6) is 0.772. The lowest BCUT2D eigenvalue weighted by atomic mass is 9.95. The standard InChI is InChI=1S/C15H24N2/c1-4-12(2)11-17(3)15-10-16-9-13-7-5-6-8-14(13)15/h5-8,12,15-16H,4,9-11H2,1-3H3. The number of hydrogen-bond acceptors (Lipinski definition) is 2. The highest BCUT2D eigenvalue weighted by atomic mass is 15.2. The van der Waals surface area contributed by atoms with Gasteiger partial charge in [0.05, 0.1) is 0 Å². The summed E-state index contributed by atoms with van der Waals surface area (Å²) in [4.78, 5) is 2.50. The van der Waals surface area contributed by atoms with Gasteiger partial charge in [0, 0.05) is 25.7 Å². The molecule has 0 fully saturated rings. The third kappa shape index (κ3) is 2.88. The number of nitrogens with one attached hydrogen (secondary N) is 1. The van der Waals surface area contributed by atoms with E-state index in [0.717, 1.165) is 19.0 Å². The van der Waals surface area contributed by atoms with Crippen molar-refractivity contribution in [3.63, 3.8) is 0 Å². The van der Waals surface area contributed by atoms with E-state index in [1.54, 1.807) is 0 Å². The van der Waals surface area contributed by atoms with Crippen molar-refractivity contribution in [3.8, 4) is 0 Å². The van der Waals surface area contributed by atoms with Crippen LogP contribution in [0.1, 0.15) is 37.4 Å². The van der Waals surface area contributed by atoms with Crippen LogP contribution in [0.15, 0.2) is 24.3 Å². The summed E-state index contributed by atoms with van der Waals surface area (Å²) in [6.45, 7) is 7.87. The smallest absolute Gasteiger partial charge is 0.0473 e. The minimum absolute atomic E-state index is 0.536. The average molecular weight is 232 g/mol. The van der Waals surface area contributed by atoms with E-state index in [1.165, 1.54) is 24.1 Å². The third-order valence-corrected chi connectivity index (χ3v) is 3.90. The fourth-order valence-corrected chi connectivity index (χ4v) is 2.62. The van der Waals surface area contributed by atoms with E-state index < -0.39 is 0 Å². The summed E-state index contributed by atoms with van der Waals surface area (Å²) in [7, 11) is 2.25. The molecule has 1 aliphatic heterocycles. The van der Waals surface area contributed by atoms with Crippen molar-refractivity contribution in [2.24, 2.45) is 5.92 Å². The Morgan fingerprint density at radius 2 is 2.18 bits per heavy atom. The zero-order valence-corrected chi connectivity index (χ0v) is 11.2. The zero-order valence-electron chi connectivity index (χ0n) is 11.2. The normalized spacial score (nSPS) is 21.3. The number of likely N-dealkylation sites (N-methyl/N-ethyl adjacent to an activating group) is 1. The van der Waals surface area contributed by atoms with E-state index in [4.69, 9.17) is 0 Å². The first-order valence-electron chi connectivity index (χ1n) is 6.71. The molecule has 1 aromatic carbocycles. The van der Waals surface area contributed by atoms with Gasteiger partial charge in [0.1, 0.15) is 0 Å². The van der Waals surface area contributed by atoms with Crippen LogP contribution in [0.3, 0.4) is 0 Å². The maximum absolute atomic E-state index is 3.52. The molecule has 1 N–H and O–H groups in total. The van der Waals surface area contributed by atoms with E-state index in [0.29, 0.717) is 6.04 Å². The van der Waals surface area contributed by atoms with Gasteiger partial charge in [-0.3, -0.25) is 4.90 Å². The Kier molecular flexibility index (Phi) is 4.19. The average Bonchev–Trinajstić information content (AvgIpc) is 2.37. The lowest BCUT2D eigenvalue weighted by Crippen LogP contribution is -2.39. The zero-order chi connectivity index (χ0) is 12.3. The molecule has 94 valence electrons. The van der Waals surface area contributed by atoms with E-state index >= 15 is 0 Å². The van der Waals surface area contributed by atoms with Crippen molar-refractivity contribution in [1.29, 1.82) is 0 Å². The van der Waals surface area contributed by atoms with Crippen molar-refractivity contribution >= 4 is 0 Å². The SMILES string of the molecule is CCC(C)CN(C)C1CNCc2ccccc21. The van der Waals surface area contributed by atoms with Gasteiger partial charge < -0.3 is 5.32 Å². The molecule has 1 aromatic rings. The minimum atomic E-state index is 0.536. The summed E-state index contributed by atoms with van der Waals surface area (Å²) in [5.41, 5.74) is 2.97. The highest BCUT2D eigenvalue weighted by Gasteiger charge is 2.23. The topological polar surface area (TPSA) is 15.3 Å². The Labute approximate surface area is 105 Å². The van der Waals surface area contributed by atoms with Crippen molar-refractivity contribution in [2.45, 2.75) is 32.9 Å². The van der Waals surface area contributed by atoms with Crippen molar-refractivity contribution in [3.05, 3.63) is 35.4 Å². The van der Waals surface area contributed by atoms with Crippen LogP contribution < -0.4 is 5.32 Å². The van der Waals surface area contributed by atoms with Gasteiger partial charge in [0.2, 0.25) is 0 Å². The summed E-state index contributed by atoms with van der Waals surface area (Å²) < 4.78 is 0. The summed E-state index contributed by atoms with van der Waals surface area (Å²) >= 11 is 0. The first kappa shape index (κ1) is 12.6. The predicted molar refractivity (Wildman–Crippen MR) is 73.0 cm³/mol. The molecule has 17 heavy (non-hydrogen) atoms. The van der Waals surface area contributed by atoms with Gasteiger partial charge in [-0.2, -0.15) is 0 Å². The Morgan fingerprint density at radius 3 is 2.94 bits per heavy atom. The third-order valence-electron chi connectivity index (χ3n) is 3.90. The number of hydrogen-bond donors (Lipinski definition) is 1. The van der Waals surface area contributed by atoms with Gasteiger partial charge in [0.15, 0.2) is 0 Å². The molecular formula is C15H24N2. The molecule has 0 aromatic heterocycles. The molecule has 0 saturated heterocycles. The molecule has 0 bridgehead atoms. The fraction of sp³-hybridized carbons (Fsp3) is 0.600. The van der Waals surface area contributed by atoms with Crippen LogP contribution >= 0.6 is 0 Å². The monoisotopic (exact) mass is 232 g/mol. The Morgan fingerprint density at radius 1 is 1.41 bits per heavy atom. The first-order valence-corrected chi connectivity index (χ1v) is 6.71. The van der Waals surface area contributed by atoms with E-state index in [9.17, 15) is 0 Å². The highest BCUT2D eigenvalue weighted by molar-refractivity contribution is 5.32. The summed E-state index contributed by atoms with van der Waals surface area (Å²) in [5, 5.41) is 3.52. The Balaban J connectivity index is 2.12. The molecule has 1 aliphatic rings. The predicted octanol–water partition coefficient (Wildman–Crippen LogP) is 2.81. The van der Waals surface area contributed by atoms with Crippen LogP contribution in [0.5, 0.6) is 0 Å². The van der Waals surface area contributed by atoms with Crippen molar-refractivity contribution in [1.82, 2.24) is 10.2 Å². The van der Waals surface area contributed by atoms with Gasteiger partial charge in [-0.15, -0.1) is 0 Å². The number of rotatable bonds is 4. The lowest BCUT2D eigenvalue weighted by molar-refractivity contribution is 0.198. The quantitative estimate of drug-likeness (QED) is 0.858. The Hall–Kier alpha value is -0.860. The maximum Gasteiger partial charge on any atom is 0.0473 e. The van der Waals surface area contributed by atoms with Gasteiger partial charge in [-0.25, -0.2) is 0 Å². The molecule has 0 spiro atoms. The van der Waals surface area contributed by atoms with Gasteiger partial charge >= 0.3 is 0 Å². The fourth-order valence-electron chi connectivity index (χ4n) is 2.62. The molecule has 2 rings (SSSR count). The van der Waals surface area contributed by atoms with Crippen LogP contribution in [0.4, 0.5) is 0 Å². The maximum atomic E-state index is 3.52. The second-order valence-corrected chi connectivity index (χ2v) is 5.30. The second kappa shape index (κ2) is 5.65. The second-order valence-electron chi connectivity index (χ2n) is 5.30. The molecule has 0 amide bonds. The minimum Gasteiger partial charge on any atom is -0.311 e. The molecule has 2 atom stereocenters. The van der Waals surface area contributed by atoms with Gasteiger partial charge in [0.25, 0.3) is 0 Å². The van der Waals surface area contributed by atoms with Crippen molar-refractivity contribution < 1.29 is 0 Å². The Bertz CT molecular complexity index is 362. The van der Waals surface area contributed by atoms with Crippen LogP contribution in [-0.2, 0) is 6.54 Å². The summed E-state index contributed by atoms with van der Waals surface area (Å²) in [6, 6.07) is 9.36. The molecule has 0 aliphatic carbocycles. The molecule has 0 radical (unpaired) electrons. The number of benzene rings is 1. The molecule has 1 heterocycles. The number of fused-ring (bicyclic) bond motifs is 1. The molecule has 2 heteroatoms. The first-order chi connectivity index (χ1) is 8.22. The lowest BCUT2D eigenvalue weighted by Gasteiger charge is -2.35. The van der Waals surface area contributed by atoms with Crippen molar-refractivity contribution in [2.75, 3.05) is 20.1 Å². The van der Waals surface area contributed by atoms with Crippen LogP contribution in [0, 0.1) is 5.92 Å². The molecule has 2 unspecified atom stereocenters. The number of nitrogens with zero attached hydrogens (tertiary/aromatic N) is 1. The molecule has 0 saturated carbocycles. The van der Waals surface area contributed by atoms with Crippen LogP contribution in [0.25, 0.3) is 0 Å². The van der Waals surface area contributed by atoms with Crippen LogP contribution in [0.2, 0.25) is 0 Å². The van der Waals surface area contributed by atoms with Gasteiger partial charge in [-0.05, 0) is 24.1 Å². The van der Waals surface area contributed by atoms with Gasteiger partial charge in [-0.1, -0.05) is 44.5 Å². The van der Waals surface area contributed by atoms with E-state index in [-0.39, 0.29) is 0 Å². The summed E-state index contributed by atoms with van der Waals surface area (Å²) in [6.07, 6.45) is 1.26. The van der Waals surface area contributed by atoms with E-state index in [2.05, 4.69) is 55.4 Å². The largest absolute Gasteiger partial charge is 0.311 e. The molecule has 2 nitrogen and oxygen atoms in total. The molecular weight excluding hydrogens is 208 g/mol. The van der Waals surface area contributed by atoms with E-state index in [1.807, 2.05) is 0 Å².